The second kappa shape index (κ2) is 4.82. The van der Waals surface area contributed by atoms with Crippen LogP contribution < -0.4 is 0 Å². The summed E-state index contributed by atoms with van der Waals surface area (Å²) in [5.74, 6) is -2.19. The van der Waals surface area contributed by atoms with Gasteiger partial charge in [-0.05, 0) is 0 Å². The third-order valence-electron chi connectivity index (χ3n) is 0.564. The van der Waals surface area contributed by atoms with Crippen LogP contribution in [0, 0.1) is 0 Å². The molecular formula is C5H8BF3O2. The second-order valence-electron chi connectivity index (χ2n) is 1.38. The minimum Gasteiger partial charge on any atom is -0.455 e. The molecule has 0 aromatic rings. The van der Waals surface area contributed by atoms with E-state index in [1.807, 2.05) is 0 Å². The molecule has 0 radical (unpaired) electrons. The summed E-state index contributed by atoms with van der Waals surface area (Å²) in [5, 5.41) is 0. The summed E-state index contributed by atoms with van der Waals surface area (Å²) in [5.41, 5.74) is 0. The molecule has 0 aliphatic rings. The normalized spacial score (nSPS) is 9.73. The quantitative estimate of drug-likeness (QED) is 0.332. The topological polar surface area (TPSA) is 26.3 Å². The van der Waals surface area contributed by atoms with Crippen molar-refractivity contribution in [1.82, 2.24) is 0 Å². The first-order valence-corrected chi connectivity index (χ1v) is 2.33. The van der Waals surface area contributed by atoms with E-state index in [-0.39, 0.29) is 8.41 Å². The monoisotopic (exact) mass is 168 g/mol. The molecule has 2 nitrogen and oxygen atoms in total. The van der Waals surface area contributed by atoms with Gasteiger partial charge < -0.3 is 4.74 Å². The van der Waals surface area contributed by atoms with Crippen LogP contribution >= 0.6 is 0 Å². The number of ether oxygens (including phenoxy) is 1. The smallest absolute Gasteiger partial charge is 0.455 e. The molecule has 0 atom stereocenters. The van der Waals surface area contributed by atoms with Gasteiger partial charge in [0.2, 0.25) is 0 Å². The average molecular weight is 168 g/mol. The Morgan fingerprint density at radius 3 is 2.27 bits per heavy atom. The number of hydrogen-bond donors (Lipinski definition) is 0. The highest BCUT2D eigenvalue weighted by molar-refractivity contribution is 5.76. The van der Waals surface area contributed by atoms with Crippen LogP contribution in [0.1, 0.15) is 0 Å². The Labute approximate surface area is 63.6 Å². The molecule has 0 N–H and O–H groups in total. The molecule has 0 rings (SSSR count). The summed E-state index contributed by atoms with van der Waals surface area (Å²) >= 11 is 0. The van der Waals surface area contributed by atoms with Gasteiger partial charge in [0.1, 0.15) is 6.61 Å². The first-order chi connectivity index (χ1) is 4.48. The largest absolute Gasteiger partial charge is 0.490 e. The Bertz CT molecular complexity index is 143. The van der Waals surface area contributed by atoms with Gasteiger partial charge in [-0.15, -0.1) is 0 Å². The lowest BCUT2D eigenvalue weighted by Gasteiger charge is -2.03. The predicted molar refractivity (Wildman–Crippen MR) is 37.2 cm³/mol. The zero-order valence-electron chi connectivity index (χ0n) is 4.94. The van der Waals surface area contributed by atoms with Gasteiger partial charge in [-0.25, -0.2) is 4.79 Å². The van der Waals surface area contributed by atoms with Crippen LogP contribution in [0.25, 0.3) is 0 Å². The van der Waals surface area contributed by atoms with E-state index < -0.39 is 18.8 Å². The number of hydrogen-bond acceptors (Lipinski definition) is 2. The first-order valence-electron chi connectivity index (χ1n) is 2.33. The van der Waals surface area contributed by atoms with Gasteiger partial charge in [0.25, 0.3) is 0 Å². The summed E-state index contributed by atoms with van der Waals surface area (Å²) in [4.78, 5) is 9.83. The highest BCUT2D eigenvalue weighted by Gasteiger charge is 2.40. The number of alkyl halides is 3. The second-order valence-corrected chi connectivity index (χ2v) is 1.38. The molecule has 0 heterocycles. The predicted octanol–water partition coefficient (Wildman–Crippen LogP) is 0.0940. The van der Waals surface area contributed by atoms with Gasteiger partial charge in [-0.3, -0.25) is 0 Å². The highest BCUT2D eigenvalue weighted by atomic mass is 19.4. The molecule has 0 spiro atoms. The van der Waals surface area contributed by atoms with Crippen LogP contribution in [0.3, 0.4) is 0 Å². The third-order valence-corrected chi connectivity index (χ3v) is 0.564. The number of halogens is 3. The third kappa shape index (κ3) is 5.51. The van der Waals surface area contributed by atoms with Gasteiger partial charge >= 0.3 is 12.1 Å². The molecule has 0 aromatic heterocycles. The Morgan fingerprint density at radius 1 is 1.55 bits per heavy atom. The van der Waals surface area contributed by atoms with Crippen LogP contribution in [0.15, 0.2) is 12.7 Å². The van der Waals surface area contributed by atoms with Crippen molar-refractivity contribution in [3.63, 3.8) is 0 Å². The van der Waals surface area contributed by atoms with E-state index in [9.17, 15) is 18.0 Å². The molecular weight excluding hydrogens is 160 g/mol. The summed E-state index contributed by atoms with van der Waals surface area (Å²) in [6.07, 6.45) is -3.84. The maximum absolute atomic E-state index is 11.3. The summed E-state index contributed by atoms with van der Waals surface area (Å²) in [6.45, 7) is 2.65. The highest BCUT2D eigenvalue weighted by Crippen LogP contribution is 2.15. The zero-order chi connectivity index (χ0) is 8.20. The van der Waals surface area contributed by atoms with Crippen LogP contribution in [-0.4, -0.2) is 27.2 Å². The van der Waals surface area contributed by atoms with Crippen molar-refractivity contribution < 1.29 is 22.7 Å². The van der Waals surface area contributed by atoms with E-state index >= 15 is 0 Å². The maximum atomic E-state index is 11.3. The van der Waals surface area contributed by atoms with Crippen LogP contribution in [0.4, 0.5) is 13.2 Å². The first kappa shape index (κ1) is 12.7. The number of esters is 1. The minimum atomic E-state index is -4.90. The van der Waals surface area contributed by atoms with Crippen molar-refractivity contribution in [2.24, 2.45) is 0 Å². The molecule has 0 amide bonds. The molecule has 11 heavy (non-hydrogen) atoms. The minimum absolute atomic E-state index is 0. The lowest BCUT2D eigenvalue weighted by atomic mass is 10.6. The van der Waals surface area contributed by atoms with Crippen LogP contribution in [-0.2, 0) is 9.53 Å². The average Bonchev–Trinajstić information content (AvgIpc) is 1.80. The van der Waals surface area contributed by atoms with Crippen molar-refractivity contribution in [3.8, 4) is 0 Å². The molecule has 0 aromatic carbocycles. The van der Waals surface area contributed by atoms with Gasteiger partial charge in [-0.2, -0.15) is 13.2 Å². The van der Waals surface area contributed by atoms with Gasteiger partial charge in [-0.1, -0.05) is 12.7 Å². The Morgan fingerprint density at radius 2 is 2.00 bits per heavy atom. The standard InChI is InChI=1S/C5H5F3O2.BH3/c1-2-3-10-4(9)5(6,7)8;/h2H,1,3H2;1H3. The molecule has 0 bridgehead atoms. The Kier molecular flexibility index (Phi) is 5.57. The number of carbonyl (C=O) groups is 1. The molecule has 0 unspecified atom stereocenters. The van der Waals surface area contributed by atoms with Crippen LogP contribution in [0.5, 0.6) is 0 Å². The lowest BCUT2D eigenvalue weighted by molar-refractivity contribution is -0.198. The van der Waals surface area contributed by atoms with Gasteiger partial charge in [0.15, 0.2) is 0 Å². The molecule has 0 aliphatic carbocycles. The van der Waals surface area contributed by atoms with E-state index in [1.54, 1.807) is 0 Å². The summed E-state index contributed by atoms with van der Waals surface area (Å²) in [6, 6.07) is 0. The molecule has 0 saturated carbocycles. The van der Waals surface area contributed by atoms with E-state index in [2.05, 4.69) is 11.3 Å². The van der Waals surface area contributed by atoms with Crippen LogP contribution in [0.2, 0.25) is 0 Å². The van der Waals surface area contributed by atoms with E-state index in [4.69, 9.17) is 0 Å². The van der Waals surface area contributed by atoms with E-state index in [1.165, 1.54) is 0 Å². The van der Waals surface area contributed by atoms with Crippen molar-refractivity contribution in [1.29, 1.82) is 0 Å². The van der Waals surface area contributed by atoms with E-state index in [0.29, 0.717) is 0 Å². The Hall–Kier alpha value is -0.935. The van der Waals surface area contributed by atoms with Gasteiger partial charge in [0.05, 0.1) is 8.41 Å². The fourth-order valence-corrected chi connectivity index (χ4v) is 0.216. The fourth-order valence-electron chi connectivity index (χ4n) is 0.216. The van der Waals surface area contributed by atoms with Crippen molar-refractivity contribution in [3.05, 3.63) is 12.7 Å². The zero-order valence-corrected chi connectivity index (χ0v) is 4.94. The Balaban J connectivity index is 0. The fraction of sp³-hybridized carbons (Fsp3) is 0.400. The molecule has 0 saturated heterocycles. The molecule has 0 aliphatic heterocycles. The van der Waals surface area contributed by atoms with Crippen molar-refractivity contribution >= 4 is 14.4 Å². The SMILES string of the molecule is B.C=CCOC(=O)C(F)(F)F. The maximum Gasteiger partial charge on any atom is 0.490 e. The molecule has 64 valence electrons. The number of rotatable bonds is 2. The lowest BCUT2D eigenvalue weighted by Crippen LogP contribution is -2.25. The summed E-state index contributed by atoms with van der Waals surface area (Å²) < 4.78 is 37.5. The summed E-state index contributed by atoms with van der Waals surface area (Å²) in [7, 11) is 0. The number of carbonyl (C=O) groups excluding carboxylic acids is 1. The molecule has 6 heteroatoms. The molecule has 0 fully saturated rings. The van der Waals surface area contributed by atoms with Crippen molar-refractivity contribution in [2.45, 2.75) is 6.18 Å². The van der Waals surface area contributed by atoms with Gasteiger partial charge in [0, 0.05) is 0 Å². The van der Waals surface area contributed by atoms with E-state index in [0.717, 1.165) is 6.08 Å². The van der Waals surface area contributed by atoms with Crippen molar-refractivity contribution in [2.75, 3.05) is 6.61 Å².